The fourth-order valence-corrected chi connectivity index (χ4v) is 5.09. The minimum atomic E-state index is -1.06. The predicted molar refractivity (Wildman–Crippen MR) is 146 cm³/mol. The molecule has 1 heterocycles. The molecule has 206 valence electrons. The number of halogens is 2. The molecule has 6 nitrogen and oxygen atoms in total. The molecule has 0 fully saturated rings. The molecular formula is C31H35F2N3O3. The summed E-state index contributed by atoms with van der Waals surface area (Å²) >= 11 is 0. The highest BCUT2D eigenvalue weighted by atomic mass is 19.1. The number of carbonyl (C=O) groups excluding carboxylic acids is 2. The molecule has 0 spiro atoms. The van der Waals surface area contributed by atoms with Crippen LogP contribution in [0.5, 0.6) is 0 Å². The van der Waals surface area contributed by atoms with E-state index in [4.69, 9.17) is 0 Å². The number of rotatable bonds is 12. The molecule has 4 rings (SSSR count). The second kappa shape index (κ2) is 13.0. The molecule has 3 aromatic rings. The Morgan fingerprint density at radius 3 is 2.38 bits per heavy atom. The molecular weight excluding hydrogens is 500 g/mol. The lowest BCUT2D eigenvalue weighted by molar-refractivity contribution is -0.127. The van der Waals surface area contributed by atoms with E-state index in [9.17, 15) is 23.5 Å². The first-order chi connectivity index (χ1) is 18.8. The topological polar surface area (TPSA) is 81.7 Å². The van der Waals surface area contributed by atoms with Crippen LogP contribution in [0.1, 0.15) is 52.9 Å². The van der Waals surface area contributed by atoms with Crippen LogP contribution in [0.15, 0.2) is 66.7 Å². The molecule has 0 radical (unpaired) electrons. The summed E-state index contributed by atoms with van der Waals surface area (Å²) in [6.07, 6.45) is 0.241. The molecule has 0 saturated carbocycles. The highest BCUT2D eigenvalue weighted by Gasteiger charge is 2.36. The number of fused-ring (bicyclic) bond motifs is 1. The van der Waals surface area contributed by atoms with E-state index in [1.54, 1.807) is 12.1 Å². The maximum Gasteiger partial charge on any atom is 0.255 e. The second-order valence-electron chi connectivity index (χ2n) is 9.98. The quantitative estimate of drug-likeness (QED) is 0.326. The van der Waals surface area contributed by atoms with E-state index in [0.717, 1.165) is 23.6 Å². The molecule has 3 aromatic carbocycles. The van der Waals surface area contributed by atoms with Gasteiger partial charge in [0.15, 0.2) is 0 Å². The normalized spacial score (nSPS) is 15.1. The van der Waals surface area contributed by atoms with Crippen molar-refractivity contribution >= 4 is 11.8 Å². The third-order valence-corrected chi connectivity index (χ3v) is 7.17. The standard InChI is InChI=1S/C31H35F2N3O3/c1-3-20-8-7-9-21(12-20)17-34-18-29(37)27(15-22-13-24(32)16-25(33)14-22)35-30(38)28(4-2)36-19-23-10-5-6-11-26(23)31(36)39/h5-14,16,27-29,34,37H,3-4,15,17-19H2,1-2H3,(H,35,38)/t27-,28?,29-/m0/s1. The number of hydrogen-bond donors (Lipinski definition) is 3. The van der Waals surface area contributed by atoms with Crippen molar-refractivity contribution in [2.24, 2.45) is 0 Å². The molecule has 2 amide bonds. The largest absolute Gasteiger partial charge is 0.390 e. The number of hydrogen-bond acceptors (Lipinski definition) is 4. The summed E-state index contributed by atoms with van der Waals surface area (Å²) in [6.45, 7) is 4.88. The summed E-state index contributed by atoms with van der Waals surface area (Å²) in [5, 5.41) is 17.2. The lowest BCUT2D eigenvalue weighted by Crippen LogP contribution is -2.54. The molecule has 1 unspecified atom stereocenters. The number of benzene rings is 3. The molecule has 3 N–H and O–H groups in total. The van der Waals surface area contributed by atoms with Crippen molar-refractivity contribution < 1.29 is 23.5 Å². The zero-order chi connectivity index (χ0) is 27.9. The molecule has 0 bridgehead atoms. The summed E-state index contributed by atoms with van der Waals surface area (Å²) in [4.78, 5) is 28.0. The number of aliphatic hydroxyl groups is 1. The number of nitrogens with zero attached hydrogens (tertiary/aromatic N) is 1. The summed E-state index contributed by atoms with van der Waals surface area (Å²) in [6, 6.07) is 16.9. The van der Waals surface area contributed by atoms with Crippen LogP contribution >= 0.6 is 0 Å². The van der Waals surface area contributed by atoms with E-state index in [-0.39, 0.29) is 18.9 Å². The van der Waals surface area contributed by atoms with Crippen LogP contribution in [-0.4, -0.2) is 46.6 Å². The van der Waals surface area contributed by atoms with Gasteiger partial charge in [0.2, 0.25) is 5.91 Å². The van der Waals surface area contributed by atoms with Crippen molar-refractivity contribution in [1.29, 1.82) is 0 Å². The molecule has 0 aromatic heterocycles. The molecule has 0 saturated heterocycles. The maximum absolute atomic E-state index is 13.9. The monoisotopic (exact) mass is 535 g/mol. The van der Waals surface area contributed by atoms with E-state index in [0.29, 0.717) is 30.6 Å². The third kappa shape index (κ3) is 7.07. The Morgan fingerprint density at radius 2 is 1.69 bits per heavy atom. The smallest absolute Gasteiger partial charge is 0.255 e. The van der Waals surface area contributed by atoms with Crippen LogP contribution < -0.4 is 10.6 Å². The van der Waals surface area contributed by atoms with Gasteiger partial charge in [-0.1, -0.05) is 56.3 Å². The minimum Gasteiger partial charge on any atom is -0.390 e. The average Bonchev–Trinajstić information content (AvgIpc) is 3.24. The second-order valence-corrected chi connectivity index (χ2v) is 9.98. The third-order valence-electron chi connectivity index (χ3n) is 7.17. The van der Waals surface area contributed by atoms with Gasteiger partial charge in [0.25, 0.3) is 5.91 Å². The average molecular weight is 536 g/mol. The van der Waals surface area contributed by atoms with Gasteiger partial charge in [-0.25, -0.2) is 8.78 Å². The van der Waals surface area contributed by atoms with E-state index < -0.39 is 35.7 Å². The molecule has 1 aliphatic heterocycles. The Morgan fingerprint density at radius 1 is 0.974 bits per heavy atom. The fraction of sp³-hybridized carbons (Fsp3) is 0.355. The van der Waals surface area contributed by atoms with E-state index in [2.05, 4.69) is 29.7 Å². The van der Waals surface area contributed by atoms with Crippen molar-refractivity contribution in [3.63, 3.8) is 0 Å². The predicted octanol–water partition coefficient (Wildman–Crippen LogP) is 4.14. The molecule has 8 heteroatoms. The minimum absolute atomic E-state index is 0.0131. The van der Waals surface area contributed by atoms with Gasteiger partial charge in [-0.2, -0.15) is 0 Å². The highest BCUT2D eigenvalue weighted by Crippen LogP contribution is 2.25. The van der Waals surface area contributed by atoms with Crippen LogP contribution in [0, 0.1) is 11.6 Å². The van der Waals surface area contributed by atoms with Gasteiger partial charge in [0, 0.05) is 31.3 Å². The number of amides is 2. The Hall–Kier alpha value is -3.62. The van der Waals surface area contributed by atoms with Gasteiger partial charge in [-0.05, 0) is 59.7 Å². The first-order valence-electron chi connectivity index (χ1n) is 13.4. The lowest BCUT2D eigenvalue weighted by Gasteiger charge is -2.30. The molecule has 0 aliphatic carbocycles. The number of aliphatic hydroxyl groups excluding tert-OH is 1. The van der Waals surface area contributed by atoms with Gasteiger partial charge in [-0.3, -0.25) is 9.59 Å². The fourth-order valence-electron chi connectivity index (χ4n) is 5.09. The van der Waals surface area contributed by atoms with Gasteiger partial charge < -0.3 is 20.6 Å². The van der Waals surface area contributed by atoms with Crippen LogP contribution in [0.25, 0.3) is 0 Å². The zero-order valence-corrected chi connectivity index (χ0v) is 22.3. The Balaban J connectivity index is 1.47. The Labute approximate surface area is 228 Å². The van der Waals surface area contributed by atoms with Crippen LogP contribution in [0.4, 0.5) is 8.78 Å². The summed E-state index contributed by atoms with van der Waals surface area (Å²) in [5.74, 6) is -2.10. The summed E-state index contributed by atoms with van der Waals surface area (Å²) < 4.78 is 27.8. The number of carbonyl (C=O) groups is 2. The van der Waals surface area contributed by atoms with Crippen LogP contribution in [0.3, 0.4) is 0 Å². The molecule has 1 aliphatic rings. The van der Waals surface area contributed by atoms with Gasteiger partial charge >= 0.3 is 0 Å². The Kier molecular flexibility index (Phi) is 9.43. The van der Waals surface area contributed by atoms with E-state index >= 15 is 0 Å². The summed E-state index contributed by atoms with van der Waals surface area (Å²) in [5.41, 5.74) is 4.01. The highest BCUT2D eigenvalue weighted by molar-refractivity contribution is 6.01. The van der Waals surface area contributed by atoms with Crippen molar-refractivity contribution in [2.75, 3.05) is 6.54 Å². The first kappa shape index (κ1) is 28.4. The molecule has 39 heavy (non-hydrogen) atoms. The van der Waals surface area contributed by atoms with E-state index in [1.165, 1.54) is 22.6 Å². The van der Waals surface area contributed by atoms with Crippen molar-refractivity contribution in [2.45, 2.75) is 64.4 Å². The van der Waals surface area contributed by atoms with Gasteiger partial charge in [0.05, 0.1) is 12.1 Å². The van der Waals surface area contributed by atoms with Crippen molar-refractivity contribution in [3.05, 3.63) is 106 Å². The molecule has 3 atom stereocenters. The number of nitrogens with one attached hydrogen (secondary N) is 2. The van der Waals surface area contributed by atoms with Crippen LogP contribution in [-0.2, 0) is 30.7 Å². The van der Waals surface area contributed by atoms with Gasteiger partial charge in [0.1, 0.15) is 17.7 Å². The first-order valence-corrected chi connectivity index (χ1v) is 13.4. The van der Waals surface area contributed by atoms with Crippen molar-refractivity contribution in [3.8, 4) is 0 Å². The van der Waals surface area contributed by atoms with E-state index in [1.807, 2.05) is 31.2 Å². The lowest BCUT2D eigenvalue weighted by atomic mass is 9.99. The van der Waals surface area contributed by atoms with Gasteiger partial charge in [-0.15, -0.1) is 0 Å². The van der Waals surface area contributed by atoms with Crippen LogP contribution in [0.2, 0.25) is 0 Å². The number of aryl methyl sites for hydroxylation is 1. The van der Waals surface area contributed by atoms with Crippen molar-refractivity contribution in [1.82, 2.24) is 15.5 Å². The zero-order valence-electron chi connectivity index (χ0n) is 22.3. The SMILES string of the molecule is CCc1cccc(CNC[C@H](O)[C@H](Cc2cc(F)cc(F)c2)NC(=O)C(CC)N2Cc3ccccc3C2=O)c1. The Bertz CT molecular complexity index is 1300. The summed E-state index contributed by atoms with van der Waals surface area (Å²) in [7, 11) is 0. The maximum atomic E-state index is 13.9.